The van der Waals surface area contributed by atoms with E-state index in [1.165, 1.54) is 4.31 Å². The third-order valence-corrected chi connectivity index (χ3v) is 6.88. The molecule has 0 radical (unpaired) electrons. The zero-order chi connectivity index (χ0) is 24.6. The van der Waals surface area contributed by atoms with Gasteiger partial charge in [0.25, 0.3) is 15.9 Å². The molecule has 0 saturated carbocycles. The molecule has 8 heteroatoms. The van der Waals surface area contributed by atoms with E-state index in [1.807, 2.05) is 44.2 Å². The van der Waals surface area contributed by atoms with Crippen molar-refractivity contribution in [2.75, 3.05) is 24.6 Å². The van der Waals surface area contributed by atoms with E-state index in [-0.39, 0.29) is 30.0 Å². The molecule has 0 unspecified atom stereocenters. The first-order valence-corrected chi connectivity index (χ1v) is 12.4. The summed E-state index contributed by atoms with van der Waals surface area (Å²) in [4.78, 5) is 12.2. The Labute approximate surface area is 201 Å². The van der Waals surface area contributed by atoms with E-state index in [2.05, 4.69) is 5.32 Å². The van der Waals surface area contributed by atoms with Gasteiger partial charge in [0, 0.05) is 13.2 Å². The number of carbonyl (C=O) groups excluding carboxylic acids is 1. The van der Waals surface area contributed by atoms with Gasteiger partial charge in [0.05, 0.1) is 23.7 Å². The maximum absolute atomic E-state index is 13.5. The molecular weight excluding hydrogens is 452 g/mol. The van der Waals surface area contributed by atoms with Crippen molar-refractivity contribution in [1.82, 2.24) is 5.32 Å². The van der Waals surface area contributed by atoms with Crippen molar-refractivity contribution >= 4 is 21.6 Å². The number of methoxy groups -OCH3 is 1. The number of sulfonamides is 1. The number of anilines is 1. The lowest BCUT2D eigenvalue weighted by molar-refractivity contribution is -0.124. The number of ether oxygens (including phenoxy) is 2. The molecule has 7 nitrogen and oxygen atoms in total. The number of hydrogen-bond donors (Lipinski definition) is 1. The fourth-order valence-electron chi connectivity index (χ4n) is 3.37. The minimum Gasteiger partial charge on any atom is -0.484 e. The zero-order valence-electron chi connectivity index (χ0n) is 19.6. The summed E-state index contributed by atoms with van der Waals surface area (Å²) in [5.74, 6) is 0.201. The minimum absolute atomic E-state index is 0.123. The molecule has 3 aromatic rings. The van der Waals surface area contributed by atoms with Gasteiger partial charge in [-0.15, -0.1) is 0 Å². The number of nitrogens with one attached hydrogen (secondary N) is 1. The summed E-state index contributed by atoms with van der Waals surface area (Å²) in [5.41, 5.74) is 2.34. The van der Waals surface area contributed by atoms with Crippen LogP contribution in [0.2, 0.25) is 0 Å². The predicted octanol–water partition coefficient (Wildman–Crippen LogP) is 3.92. The minimum atomic E-state index is -3.81. The van der Waals surface area contributed by atoms with Crippen LogP contribution in [0.25, 0.3) is 0 Å². The summed E-state index contributed by atoms with van der Waals surface area (Å²) in [5, 5.41) is 2.77. The summed E-state index contributed by atoms with van der Waals surface area (Å²) >= 11 is 0. The van der Waals surface area contributed by atoms with Crippen molar-refractivity contribution in [3.63, 3.8) is 0 Å². The second-order valence-corrected chi connectivity index (χ2v) is 9.88. The lowest BCUT2D eigenvalue weighted by Crippen LogP contribution is -2.38. The van der Waals surface area contributed by atoms with Gasteiger partial charge >= 0.3 is 0 Å². The lowest BCUT2D eigenvalue weighted by Gasteiger charge is -2.25. The molecule has 0 heterocycles. The number of rotatable bonds is 11. The van der Waals surface area contributed by atoms with Crippen LogP contribution in [-0.4, -0.2) is 40.7 Å². The van der Waals surface area contributed by atoms with Crippen molar-refractivity contribution in [2.45, 2.75) is 31.3 Å². The molecule has 34 heavy (non-hydrogen) atoms. The van der Waals surface area contributed by atoms with E-state index < -0.39 is 10.0 Å². The highest BCUT2D eigenvalue weighted by Crippen LogP contribution is 2.28. The monoisotopic (exact) mass is 482 g/mol. The normalized spacial score (nSPS) is 12.1. The molecule has 0 aliphatic carbocycles. The standard InChI is InChI=1S/C26H30N2O5S/c1-20-9-15-25(16-10-20)34(30,31)28(17-22-7-5-4-6-8-22)23-11-13-24(14-12-23)33-19-26(29)27-21(2)18-32-3/h4-16,21H,17-19H2,1-3H3,(H,27,29)/t21-/m1/s1. The van der Waals surface area contributed by atoms with Crippen LogP contribution >= 0.6 is 0 Å². The van der Waals surface area contributed by atoms with E-state index in [4.69, 9.17) is 9.47 Å². The van der Waals surface area contributed by atoms with E-state index in [9.17, 15) is 13.2 Å². The first-order valence-electron chi connectivity index (χ1n) is 10.9. The Bertz CT molecular complexity index is 1160. The van der Waals surface area contributed by atoms with Crippen LogP contribution in [0.5, 0.6) is 5.75 Å². The molecule has 1 N–H and O–H groups in total. The molecule has 0 aliphatic heterocycles. The van der Waals surface area contributed by atoms with Gasteiger partial charge in [-0.2, -0.15) is 0 Å². The molecule has 1 atom stereocenters. The summed E-state index contributed by atoms with van der Waals surface area (Å²) in [6.07, 6.45) is 0. The van der Waals surface area contributed by atoms with E-state index in [0.29, 0.717) is 18.0 Å². The van der Waals surface area contributed by atoms with Crippen molar-refractivity contribution in [3.05, 3.63) is 90.0 Å². The van der Waals surface area contributed by atoms with Gasteiger partial charge in [-0.25, -0.2) is 8.42 Å². The lowest BCUT2D eigenvalue weighted by atomic mass is 10.2. The smallest absolute Gasteiger partial charge is 0.264 e. The second-order valence-electron chi connectivity index (χ2n) is 8.02. The maximum atomic E-state index is 13.5. The van der Waals surface area contributed by atoms with E-state index in [0.717, 1.165) is 11.1 Å². The Kier molecular flexibility index (Phi) is 8.67. The molecule has 1 amide bonds. The second kappa shape index (κ2) is 11.7. The quantitative estimate of drug-likeness (QED) is 0.448. The van der Waals surface area contributed by atoms with E-state index >= 15 is 0 Å². The fraction of sp³-hybridized carbons (Fsp3) is 0.269. The summed E-state index contributed by atoms with van der Waals surface area (Å²) in [7, 11) is -2.24. The SMILES string of the molecule is COC[C@@H](C)NC(=O)COc1ccc(N(Cc2ccccc2)S(=O)(=O)c2ccc(C)cc2)cc1. The van der Waals surface area contributed by atoms with Crippen molar-refractivity contribution in [3.8, 4) is 5.75 Å². The molecular formula is C26H30N2O5S. The number of hydrogen-bond acceptors (Lipinski definition) is 5. The Morgan fingerprint density at radius 3 is 2.24 bits per heavy atom. The van der Waals surface area contributed by atoms with Crippen LogP contribution in [0.1, 0.15) is 18.1 Å². The summed E-state index contributed by atoms with van der Waals surface area (Å²) in [6.45, 7) is 4.19. The van der Waals surface area contributed by atoms with Crippen LogP contribution in [0, 0.1) is 6.92 Å². The first-order chi connectivity index (χ1) is 16.3. The molecule has 3 aromatic carbocycles. The average Bonchev–Trinajstić information content (AvgIpc) is 2.82. The van der Waals surface area contributed by atoms with Crippen LogP contribution in [0.15, 0.2) is 83.8 Å². The topological polar surface area (TPSA) is 84.9 Å². The predicted molar refractivity (Wildman–Crippen MR) is 132 cm³/mol. The van der Waals surface area contributed by atoms with Gasteiger partial charge in [-0.1, -0.05) is 48.0 Å². The Morgan fingerprint density at radius 1 is 0.971 bits per heavy atom. The van der Waals surface area contributed by atoms with Gasteiger partial charge in [-0.05, 0) is 55.8 Å². The molecule has 0 fully saturated rings. The van der Waals surface area contributed by atoms with Gasteiger partial charge in [0.15, 0.2) is 6.61 Å². The highest BCUT2D eigenvalue weighted by atomic mass is 32.2. The van der Waals surface area contributed by atoms with Crippen molar-refractivity contribution in [1.29, 1.82) is 0 Å². The van der Waals surface area contributed by atoms with Crippen LogP contribution < -0.4 is 14.4 Å². The fourth-order valence-corrected chi connectivity index (χ4v) is 4.82. The van der Waals surface area contributed by atoms with Crippen LogP contribution in [0.4, 0.5) is 5.69 Å². The van der Waals surface area contributed by atoms with Crippen LogP contribution in [-0.2, 0) is 26.1 Å². The molecule has 0 spiro atoms. The number of carbonyl (C=O) groups is 1. The van der Waals surface area contributed by atoms with Gasteiger partial charge in [0.1, 0.15) is 5.75 Å². The highest BCUT2D eigenvalue weighted by Gasteiger charge is 2.25. The molecule has 3 rings (SSSR count). The highest BCUT2D eigenvalue weighted by molar-refractivity contribution is 7.92. The third kappa shape index (κ3) is 6.82. The zero-order valence-corrected chi connectivity index (χ0v) is 20.4. The molecule has 180 valence electrons. The summed E-state index contributed by atoms with van der Waals surface area (Å²) in [6, 6.07) is 22.7. The van der Waals surface area contributed by atoms with Gasteiger partial charge < -0.3 is 14.8 Å². The Hall–Kier alpha value is -3.36. The molecule has 0 saturated heterocycles. The van der Waals surface area contributed by atoms with E-state index in [1.54, 1.807) is 55.6 Å². The first kappa shape index (κ1) is 25.3. The summed E-state index contributed by atoms with van der Waals surface area (Å²) < 4.78 is 39.0. The van der Waals surface area contributed by atoms with Crippen LogP contribution in [0.3, 0.4) is 0 Å². The largest absolute Gasteiger partial charge is 0.484 e. The molecule has 0 bridgehead atoms. The van der Waals surface area contributed by atoms with Gasteiger partial charge in [0.2, 0.25) is 0 Å². The van der Waals surface area contributed by atoms with Gasteiger partial charge in [-0.3, -0.25) is 9.10 Å². The number of aryl methyl sites for hydroxylation is 1. The molecule has 0 aliphatic rings. The van der Waals surface area contributed by atoms with Crippen molar-refractivity contribution < 1.29 is 22.7 Å². The molecule has 0 aromatic heterocycles. The number of amides is 1. The number of benzene rings is 3. The average molecular weight is 483 g/mol. The maximum Gasteiger partial charge on any atom is 0.264 e. The Morgan fingerprint density at radius 2 is 1.62 bits per heavy atom. The Balaban J connectivity index is 1.79. The van der Waals surface area contributed by atoms with Crippen molar-refractivity contribution in [2.24, 2.45) is 0 Å². The number of nitrogens with zero attached hydrogens (tertiary/aromatic N) is 1. The third-order valence-electron chi connectivity index (χ3n) is 5.10.